The lowest BCUT2D eigenvalue weighted by Crippen LogP contribution is -2.22. The number of hydrogen-bond acceptors (Lipinski definition) is 5. The Hall–Kier alpha value is -2.83. The summed E-state index contributed by atoms with van der Waals surface area (Å²) in [6, 6.07) is 7.59. The topological polar surface area (TPSA) is 98.3 Å². The van der Waals surface area contributed by atoms with E-state index in [1.807, 2.05) is 31.2 Å². The molecule has 0 bridgehead atoms. The van der Waals surface area contributed by atoms with Gasteiger partial charge in [0, 0.05) is 17.7 Å². The van der Waals surface area contributed by atoms with Gasteiger partial charge in [-0.2, -0.15) is 9.50 Å². The lowest BCUT2D eigenvalue weighted by molar-refractivity contribution is 0.410. The second-order valence-corrected chi connectivity index (χ2v) is 4.73. The van der Waals surface area contributed by atoms with Crippen LogP contribution in [0.2, 0.25) is 0 Å². The van der Waals surface area contributed by atoms with Gasteiger partial charge in [0.05, 0.1) is 7.11 Å². The van der Waals surface area contributed by atoms with E-state index in [2.05, 4.69) is 15.1 Å². The van der Waals surface area contributed by atoms with Gasteiger partial charge in [-0.25, -0.2) is 0 Å². The van der Waals surface area contributed by atoms with Crippen LogP contribution in [-0.4, -0.2) is 26.7 Å². The molecule has 7 nitrogen and oxygen atoms in total. The van der Waals surface area contributed by atoms with Crippen molar-refractivity contribution in [2.45, 2.75) is 13.3 Å². The number of nitrogens with one attached hydrogen (secondary N) is 1. The number of aromatic nitrogens is 4. The van der Waals surface area contributed by atoms with Crippen molar-refractivity contribution < 1.29 is 4.74 Å². The van der Waals surface area contributed by atoms with Gasteiger partial charge in [-0.3, -0.25) is 4.79 Å². The Morgan fingerprint density at radius 3 is 2.90 bits per heavy atom. The number of benzene rings is 1. The molecule has 1 aromatic carbocycles. The largest absolute Gasteiger partial charge is 0.496 e. The zero-order valence-electron chi connectivity index (χ0n) is 11.8. The van der Waals surface area contributed by atoms with Crippen LogP contribution in [0.1, 0.15) is 16.8 Å². The summed E-state index contributed by atoms with van der Waals surface area (Å²) >= 11 is 0. The van der Waals surface area contributed by atoms with Crippen molar-refractivity contribution in [3.8, 4) is 5.75 Å². The Morgan fingerprint density at radius 2 is 2.14 bits per heavy atom. The first kappa shape index (κ1) is 13.2. The number of nitrogens with two attached hydrogens (primary N) is 1. The fraction of sp³-hybridized carbons (Fsp3) is 0.214. The summed E-state index contributed by atoms with van der Waals surface area (Å²) in [7, 11) is 1.61. The molecular formula is C14H15N5O2. The van der Waals surface area contributed by atoms with E-state index in [-0.39, 0.29) is 11.5 Å². The molecule has 3 rings (SSSR count). The standard InChI is InChI=1S/C14H15N5O2/c1-8-10(7-9-5-3-4-6-11(9)21-2)12(20)19-14(16-8)17-13(15)18-19/h3-6H,7H2,1-2H3,(H3,15,16,17,18). The van der Waals surface area contributed by atoms with Gasteiger partial charge in [0.1, 0.15) is 5.75 Å². The summed E-state index contributed by atoms with van der Waals surface area (Å²) in [6.07, 6.45) is 0.445. The molecule has 21 heavy (non-hydrogen) atoms. The number of ether oxygens (including phenoxy) is 1. The van der Waals surface area contributed by atoms with Gasteiger partial charge >= 0.3 is 0 Å². The van der Waals surface area contributed by atoms with Gasteiger partial charge < -0.3 is 15.5 Å². The number of anilines is 1. The van der Waals surface area contributed by atoms with Crippen molar-refractivity contribution >= 4 is 11.7 Å². The molecule has 7 heteroatoms. The Kier molecular flexibility index (Phi) is 3.09. The van der Waals surface area contributed by atoms with Crippen molar-refractivity contribution in [1.82, 2.24) is 19.6 Å². The van der Waals surface area contributed by atoms with Crippen LogP contribution in [0.25, 0.3) is 5.78 Å². The molecule has 0 aliphatic rings. The number of fused-ring (bicyclic) bond motifs is 1. The predicted molar refractivity (Wildman–Crippen MR) is 78.6 cm³/mol. The number of methoxy groups -OCH3 is 1. The number of nitrogen functional groups attached to an aromatic ring is 1. The molecular weight excluding hydrogens is 270 g/mol. The minimum atomic E-state index is -0.226. The zero-order chi connectivity index (χ0) is 15.0. The summed E-state index contributed by atoms with van der Waals surface area (Å²) in [5.41, 5.74) is 7.59. The van der Waals surface area contributed by atoms with Crippen LogP contribution in [0.3, 0.4) is 0 Å². The minimum Gasteiger partial charge on any atom is -0.496 e. The monoisotopic (exact) mass is 285 g/mol. The number of aryl methyl sites for hydroxylation is 1. The normalized spacial score (nSPS) is 11.0. The van der Waals surface area contributed by atoms with Crippen molar-refractivity contribution in [1.29, 1.82) is 0 Å². The molecule has 2 aromatic heterocycles. The lowest BCUT2D eigenvalue weighted by Gasteiger charge is -2.09. The molecule has 108 valence electrons. The zero-order valence-corrected chi connectivity index (χ0v) is 11.8. The lowest BCUT2D eigenvalue weighted by atomic mass is 10.0. The molecule has 0 aliphatic carbocycles. The maximum Gasteiger partial charge on any atom is 0.279 e. The molecule has 3 aromatic rings. The summed E-state index contributed by atoms with van der Waals surface area (Å²) in [6.45, 7) is 1.83. The Morgan fingerprint density at radius 1 is 1.38 bits per heavy atom. The number of hydrogen-bond donors (Lipinski definition) is 2. The molecule has 0 spiro atoms. The van der Waals surface area contributed by atoms with Gasteiger partial charge in [0.25, 0.3) is 5.56 Å². The van der Waals surface area contributed by atoms with Gasteiger partial charge in [0.15, 0.2) is 0 Å². The van der Waals surface area contributed by atoms with Crippen LogP contribution in [0.4, 0.5) is 5.95 Å². The first-order chi connectivity index (χ1) is 10.1. The van der Waals surface area contributed by atoms with E-state index in [1.165, 1.54) is 4.52 Å². The van der Waals surface area contributed by atoms with Crippen LogP contribution in [0.15, 0.2) is 29.1 Å². The van der Waals surface area contributed by atoms with E-state index in [1.54, 1.807) is 7.11 Å². The van der Waals surface area contributed by atoms with Crippen molar-refractivity contribution in [3.05, 3.63) is 51.4 Å². The smallest absolute Gasteiger partial charge is 0.279 e. The average molecular weight is 285 g/mol. The molecule has 0 atom stereocenters. The number of para-hydroxylation sites is 1. The third kappa shape index (κ3) is 2.22. The van der Waals surface area contributed by atoms with E-state index in [0.29, 0.717) is 17.8 Å². The van der Waals surface area contributed by atoms with E-state index in [4.69, 9.17) is 10.5 Å². The number of aromatic amines is 1. The minimum absolute atomic E-state index is 0.0668. The van der Waals surface area contributed by atoms with E-state index < -0.39 is 0 Å². The maximum absolute atomic E-state index is 12.5. The molecule has 3 N–H and O–H groups in total. The molecule has 0 unspecified atom stereocenters. The first-order valence-corrected chi connectivity index (χ1v) is 6.46. The van der Waals surface area contributed by atoms with Gasteiger partial charge in [0.2, 0.25) is 11.7 Å². The maximum atomic E-state index is 12.5. The number of nitrogens with zero attached hydrogens (tertiary/aromatic N) is 3. The summed E-state index contributed by atoms with van der Waals surface area (Å²) in [5.74, 6) is 1.16. The Bertz CT molecular complexity index is 865. The molecule has 0 radical (unpaired) electrons. The fourth-order valence-electron chi connectivity index (χ4n) is 2.33. The second-order valence-electron chi connectivity index (χ2n) is 4.73. The highest BCUT2D eigenvalue weighted by molar-refractivity contribution is 5.41. The number of rotatable bonds is 3. The van der Waals surface area contributed by atoms with Crippen molar-refractivity contribution in [2.75, 3.05) is 12.8 Å². The van der Waals surface area contributed by atoms with Gasteiger partial charge in [-0.05, 0) is 18.6 Å². The van der Waals surface area contributed by atoms with Crippen LogP contribution < -0.4 is 16.0 Å². The van der Waals surface area contributed by atoms with Crippen LogP contribution >= 0.6 is 0 Å². The molecule has 0 fully saturated rings. The predicted octanol–water partition coefficient (Wildman–Crippen LogP) is 0.908. The summed E-state index contributed by atoms with van der Waals surface area (Å²) in [4.78, 5) is 19.5. The fourth-order valence-corrected chi connectivity index (χ4v) is 2.33. The third-order valence-electron chi connectivity index (χ3n) is 3.39. The van der Waals surface area contributed by atoms with Crippen LogP contribution in [0, 0.1) is 6.92 Å². The highest BCUT2D eigenvalue weighted by Crippen LogP contribution is 2.20. The Balaban J connectivity index is 2.14. The SMILES string of the molecule is COc1ccccc1Cc1c(C)[nH]c2nc(N)nn2c1=O. The average Bonchev–Trinajstić information content (AvgIpc) is 2.84. The highest BCUT2D eigenvalue weighted by Gasteiger charge is 2.14. The number of H-pyrrole nitrogens is 1. The van der Waals surface area contributed by atoms with E-state index in [0.717, 1.165) is 17.0 Å². The van der Waals surface area contributed by atoms with Crippen molar-refractivity contribution in [3.63, 3.8) is 0 Å². The van der Waals surface area contributed by atoms with Crippen LogP contribution in [0.5, 0.6) is 5.75 Å². The van der Waals surface area contributed by atoms with E-state index in [9.17, 15) is 4.79 Å². The van der Waals surface area contributed by atoms with E-state index >= 15 is 0 Å². The second kappa shape index (κ2) is 4.93. The highest BCUT2D eigenvalue weighted by atomic mass is 16.5. The summed E-state index contributed by atoms with van der Waals surface area (Å²) in [5, 5.41) is 3.91. The van der Waals surface area contributed by atoms with Gasteiger partial charge in [-0.15, -0.1) is 5.10 Å². The van der Waals surface area contributed by atoms with Crippen molar-refractivity contribution in [2.24, 2.45) is 0 Å². The third-order valence-corrected chi connectivity index (χ3v) is 3.39. The molecule has 0 saturated heterocycles. The molecule has 0 aliphatic heterocycles. The van der Waals surface area contributed by atoms with Crippen LogP contribution in [-0.2, 0) is 6.42 Å². The Labute approximate surface area is 120 Å². The first-order valence-electron chi connectivity index (χ1n) is 6.46. The summed E-state index contributed by atoms with van der Waals surface area (Å²) < 4.78 is 6.51. The van der Waals surface area contributed by atoms with Gasteiger partial charge in [-0.1, -0.05) is 18.2 Å². The molecule has 0 amide bonds. The molecule has 2 heterocycles. The quantitative estimate of drug-likeness (QED) is 0.745. The molecule has 0 saturated carbocycles.